The lowest BCUT2D eigenvalue weighted by atomic mass is 10.2. The molecular formula is C14H21NO3. The van der Waals surface area contributed by atoms with Crippen molar-refractivity contribution in [3.63, 3.8) is 0 Å². The summed E-state index contributed by atoms with van der Waals surface area (Å²) < 4.78 is 11.0. The first-order chi connectivity index (χ1) is 8.72. The van der Waals surface area contributed by atoms with Crippen LogP contribution in [-0.4, -0.2) is 37.5 Å². The summed E-state index contributed by atoms with van der Waals surface area (Å²) in [7, 11) is 1.63. The van der Waals surface area contributed by atoms with E-state index in [0.29, 0.717) is 12.6 Å². The molecule has 0 radical (unpaired) electrons. The highest BCUT2D eigenvalue weighted by molar-refractivity contribution is 5.42. The fourth-order valence-corrected chi connectivity index (χ4v) is 1.82. The molecule has 0 saturated heterocycles. The largest absolute Gasteiger partial charge is 0.493 e. The fourth-order valence-electron chi connectivity index (χ4n) is 1.82. The minimum absolute atomic E-state index is 0.0106. The van der Waals surface area contributed by atoms with Crippen LogP contribution in [-0.2, 0) is 0 Å². The zero-order valence-electron chi connectivity index (χ0n) is 11.0. The Labute approximate surface area is 108 Å². The highest BCUT2D eigenvalue weighted by Crippen LogP contribution is 2.28. The molecule has 0 bridgehead atoms. The highest BCUT2D eigenvalue weighted by Gasteiger charge is 2.24. The maximum atomic E-state index is 9.28. The van der Waals surface area contributed by atoms with Crippen LogP contribution in [0, 0.1) is 6.92 Å². The third-order valence-corrected chi connectivity index (χ3v) is 3.03. The molecule has 1 atom stereocenters. The van der Waals surface area contributed by atoms with E-state index in [2.05, 4.69) is 5.32 Å². The molecule has 1 aliphatic rings. The van der Waals surface area contributed by atoms with Crippen molar-refractivity contribution in [3.8, 4) is 11.5 Å². The van der Waals surface area contributed by atoms with Crippen LogP contribution in [0.15, 0.2) is 18.2 Å². The van der Waals surface area contributed by atoms with Crippen molar-refractivity contribution in [2.45, 2.75) is 31.8 Å². The number of aliphatic hydroxyl groups excluding tert-OH is 1. The molecule has 1 aromatic rings. The van der Waals surface area contributed by atoms with E-state index >= 15 is 0 Å². The Morgan fingerprint density at radius 1 is 1.39 bits per heavy atom. The Hall–Kier alpha value is -1.26. The minimum atomic E-state index is -0.0106. The number of hydrogen-bond donors (Lipinski definition) is 2. The maximum Gasteiger partial charge on any atom is 0.161 e. The number of nitrogens with one attached hydrogen (secondary N) is 1. The molecule has 4 nitrogen and oxygen atoms in total. The lowest BCUT2D eigenvalue weighted by molar-refractivity contribution is 0.178. The van der Waals surface area contributed by atoms with Crippen molar-refractivity contribution in [3.05, 3.63) is 23.8 Å². The molecule has 100 valence electrons. The summed E-state index contributed by atoms with van der Waals surface area (Å²) >= 11 is 0. The van der Waals surface area contributed by atoms with Crippen LogP contribution in [0.4, 0.5) is 0 Å². The number of methoxy groups -OCH3 is 1. The topological polar surface area (TPSA) is 50.7 Å². The standard InChI is InChI=1S/C14H21NO3/c1-10-3-6-13(14(7-10)17-2)18-9-12(8-16)15-11-4-5-11/h3,6-7,11-12,15-16H,4-5,8-9H2,1-2H3. The first-order valence-electron chi connectivity index (χ1n) is 6.37. The normalized spacial score (nSPS) is 16.4. The van der Waals surface area contributed by atoms with Crippen LogP contribution < -0.4 is 14.8 Å². The summed E-state index contributed by atoms with van der Waals surface area (Å²) in [6.45, 7) is 2.55. The van der Waals surface area contributed by atoms with Gasteiger partial charge in [-0.1, -0.05) is 6.07 Å². The van der Waals surface area contributed by atoms with Gasteiger partial charge in [-0.05, 0) is 37.5 Å². The van der Waals surface area contributed by atoms with Crippen molar-refractivity contribution in [1.29, 1.82) is 0 Å². The average molecular weight is 251 g/mol. The van der Waals surface area contributed by atoms with E-state index in [9.17, 15) is 5.11 Å². The van der Waals surface area contributed by atoms with Crippen molar-refractivity contribution >= 4 is 0 Å². The molecule has 0 aliphatic heterocycles. The molecule has 1 unspecified atom stereocenters. The molecule has 1 fully saturated rings. The molecule has 2 rings (SSSR count). The van der Waals surface area contributed by atoms with Crippen molar-refractivity contribution in [1.82, 2.24) is 5.32 Å². The van der Waals surface area contributed by atoms with Gasteiger partial charge in [0.05, 0.1) is 19.8 Å². The molecule has 0 heterocycles. The molecule has 0 amide bonds. The summed E-state index contributed by atoms with van der Waals surface area (Å²) in [4.78, 5) is 0. The maximum absolute atomic E-state index is 9.28. The Kier molecular flexibility index (Phi) is 4.44. The van der Waals surface area contributed by atoms with Crippen molar-refractivity contribution in [2.75, 3.05) is 20.3 Å². The van der Waals surface area contributed by atoms with Crippen LogP contribution in [0.2, 0.25) is 0 Å². The minimum Gasteiger partial charge on any atom is -0.493 e. The third kappa shape index (κ3) is 3.62. The Bertz CT molecular complexity index is 391. The van der Waals surface area contributed by atoms with Crippen molar-refractivity contribution in [2.24, 2.45) is 0 Å². The van der Waals surface area contributed by atoms with Gasteiger partial charge in [0.2, 0.25) is 0 Å². The summed E-state index contributed by atoms with van der Waals surface area (Å²) in [5.74, 6) is 1.46. The monoisotopic (exact) mass is 251 g/mol. The molecular weight excluding hydrogens is 230 g/mol. The summed E-state index contributed by atoms with van der Waals surface area (Å²) in [6, 6.07) is 6.38. The van der Waals surface area contributed by atoms with Crippen LogP contribution in [0.1, 0.15) is 18.4 Å². The summed E-state index contributed by atoms with van der Waals surface area (Å²) in [5, 5.41) is 12.6. The number of ether oxygens (including phenoxy) is 2. The fraction of sp³-hybridized carbons (Fsp3) is 0.571. The Morgan fingerprint density at radius 2 is 2.17 bits per heavy atom. The lowest BCUT2D eigenvalue weighted by Gasteiger charge is -2.18. The molecule has 1 aliphatic carbocycles. The van der Waals surface area contributed by atoms with Gasteiger partial charge in [-0.3, -0.25) is 0 Å². The second kappa shape index (κ2) is 6.07. The molecule has 1 aromatic carbocycles. The smallest absolute Gasteiger partial charge is 0.161 e. The van der Waals surface area contributed by atoms with E-state index in [1.165, 1.54) is 12.8 Å². The van der Waals surface area contributed by atoms with Crippen molar-refractivity contribution < 1.29 is 14.6 Å². The molecule has 0 aromatic heterocycles. The second-order valence-electron chi connectivity index (χ2n) is 4.79. The molecule has 2 N–H and O–H groups in total. The number of rotatable bonds is 7. The third-order valence-electron chi connectivity index (χ3n) is 3.03. The van der Waals surface area contributed by atoms with Gasteiger partial charge in [0, 0.05) is 6.04 Å². The van der Waals surface area contributed by atoms with Crippen LogP contribution >= 0.6 is 0 Å². The van der Waals surface area contributed by atoms with Gasteiger partial charge in [-0.25, -0.2) is 0 Å². The predicted octanol–water partition coefficient (Wildman–Crippen LogP) is 1.50. The van der Waals surface area contributed by atoms with Gasteiger partial charge < -0.3 is 19.9 Å². The molecule has 1 saturated carbocycles. The van der Waals surface area contributed by atoms with E-state index in [0.717, 1.165) is 17.1 Å². The number of aliphatic hydroxyl groups is 1. The molecule has 4 heteroatoms. The van der Waals surface area contributed by atoms with E-state index in [1.54, 1.807) is 7.11 Å². The van der Waals surface area contributed by atoms with E-state index < -0.39 is 0 Å². The summed E-state index contributed by atoms with van der Waals surface area (Å²) in [6.07, 6.45) is 2.40. The lowest BCUT2D eigenvalue weighted by Crippen LogP contribution is -2.39. The molecule has 0 spiro atoms. The van der Waals surface area contributed by atoms with Crippen LogP contribution in [0.5, 0.6) is 11.5 Å². The first-order valence-corrected chi connectivity index (χ1v) is 6.37. The summed E-state index contributed by atoms with van der Waals surface area (Å²) in [5.41, 5.74) is 1.13. The van der Waals surface area contributed by atoms with Gasteiger partial charge in [-0.15, -0.1) is 0 Å². The number of benzene rings is 1. The van der Waals surface area contributed by atoms with E-state index in [1.807, 2.05) is 25.1 Å². The number of aryl methyl sites for hydroxylation is 1. The quantitative estimate of drug-likeness (QED) is 0.771. The van der Waals surface area contributed by atoms with Gasteiger partial charge in [-0.2, -0.15) is 0 Å². The van der Waals surface area contributed by atoms with Gasteiger partial charge in [0.1, 0.15) is 6.61 Å². The zero-order valence-corrected chi connectivity index (χ0v) is 11.0. The number of hydrogen-bond acceptors (Lipinski definition) is 4. The van der Waals surface area contributed by atoms with Crippen LogP contribution in [0.3, 0.4) is 0 Å². The SMILES string of the molecule is COc1cc(C)ccc1OCC(CO)NC1CC1. The van der Waals surface area contributed by atoms with E-state index in [-0.39, 0.29) is 12.6 Å². The second-order valence-corrected chi connectivity index (χ2v) is 4.79. The highest BCUT2D eigenvalue weighted by atomic mass is 16.5. The first kappa shape index (κ1) is 13.2. The zero-order chi connectivity index (χ0) is 13.0. The van der Waals surface area contributed by atoms with Gasteiger partial charge >= 0.3 is 0 Å². The Morgan fingerprint density at radius 3 is 2.78 bits per heavy atom. The van der Waals surface area contributed by atoms with Crippen LogP contribution in [0.25, 0.3) is 0 Å². The molecule has 18 heavy (non-hydrogen) atoms. The Balaban J connectivity index is 1.91. The van der Waals surface area contributed by atoms with Gasteiger partial charge in [0.15, 0.2) is 11.5 Å². The van der Waals surface area contributed by atoms with Gasteiger partial charge in [0.25, 0.3) is 0 Å². The predicted molar refractivity (Wildman–Crippen MR) is 70.3 cm³/mol. The van der Waals surface area contributed by atoms with E-state index in [4.69, 9.17) is 9.47 Å². The average Bonchev–Trinajstić information content (AvgIpc) is 3.19.